The van der Waals surface area contributed by atoms with Gasteiger partial charge >= 0.3 is 5.51 Å². The van der Waals surface area contributed by atoms with E-state index in [-0.39, 0.29) is 28.6 Å². The maximum Gasteiger partial charge on any atom is 0.446 e. The van der Waals surface area contributed by atoms with E-state index in [0.717, 1.165) is 35.0 Å². The average Bonchev–Trinajstić information content (AvgIpc) is 3.11. The fourth-order valence-corrected chi connectivity index (χ4v) is 4.02. The quantitative estimate of drug-likeness (QED) is 0.723. The summed E-state index contributed by atoms with van der Waals surface area (Å²) in [6, 6.07) is 4.58. The predicted molar refractivity (Wildman–Crippen MR) is 93.7 cm³/mol. The molecule has 0 aliphatic carbocycles. The Kier molecular flexibility index (Phi) is 3.89. The third kappa shape index (κ3) is 3.75. The summed E-state index contributed by atoms with van der Waals surface area (Å²) in [7, 11) is 0. The van der Waals surface area contributed by atoms with Crippen molar-refractivity contribution in [2.45, 2.75) is 55.5 Å². The predicted octanol–water partition coefficient (Wildman–Crippen LogP) is 5.54. The lowest BCUT2D eigenvalue weighted by Gasteiger charge is -2.20. The van der Waals surface area contributed by atoms with Crippen molar-refractivity contribution in [3.05, 3.63) is 29.5 Å². The topological polar surface area (TPSA) is 19.0 Å². The van der Waals surface area contributed by atoms with Crippen LogP contribution in [0, 0.1) is 0 Å². The Labute approximate surface area is 149 Å². The number of H-pyrrole nitrogens is 1. The first kappa shape index (κ1) is 14.1. The minimum atomic E-state index is -4.34. The van der Waals surface area contributed by atoms with Gasteiger partial charge in [-0.05, 0) is 74.2 Å². The molecule has 0 saturated carbocycles. The van der Waals surface area contributed by atoms with Crippen molar-refractivity contribution >= 4 is 22.7 Å². The van der Waals surface area contributed by atoms with Crippen molar-refractivity contribution in [3.63, 3.8) is 0 Å². The number of hydrogen-bond acceptors (Lipinski definition) is 2. The van der Waals surface area contributed by atoms with Gasteiger partial charge in [0.15, 0.2) is 0 Å². The summed E-state index contributed by atoms with van der Waals surface area (Å²) in [6.45, 7) is 2.42. The van der Waals surface area contributed by atoms with Crippen LogP contribution in [0.1, 0.15) is 48.0 Å². The molecule has 0 radical (unpaired) electrons. The Balaban J connectivity index is 2.01. The molecule has 1 aromatic carbocycles. The van der Waals surface area contributed by atoms with Crippen molar-refractivity contribution in [2.75, 3.05) is 13.5 Å². The average molecular weight is 359 g/mol. The summed E-state index contributed by atoms with van der Waals surface area (Å²) in [5.74, 6) is 0.161. The molecule has 2 aromatic rings. The van der Waals surface area contributed by atoms with E-state index in [1.165, 1.54) is 6.07 Å². The van der Waals surface area contributed by atoms with E-state index in [0.29, 0.717) is 13.0 Å². The summed E-state index contributed by atoms with van der Waals surface area (Å²) < 4.78 is 61.5. The minimum absolute atomic E-state index is 0.125. The number of nitrogens with one attached hydrogen (secondary N) is 1. The zero-order valence-corrected chi connectivity index (χ0v) is 14.5. The molecule has 1 atom stereocenters. The highest BCUT2D eigenvalue weighted by molar-refractivity contribution is 8.00. The van der Waals surface area contributed by atoms with E-state index in [2.05, 4.69) is 4.98 Å². The van der Waals surface area contributed by atoms with Crippen molar-refractivity contribution in [3.8, 4) is 0 Å². The summed E-state index contributed by atoms with van der Waals surface area (Å²) >= 11 is -0.125. The van der Waals surface area contributed by atoms with Crippen LogP contribution in [-0.2, 0) is 6.42 Å². The Hall–Kier alpha value is -1.14. The molecule has 0 amide bonds. The Bertz CT molecular complexity index is 815. The molecule has 2 heterocycles. The third-order valence-electron chi connectivity index (χ3n) is 4.54. The van der Waals surface area contributed by atoms with Crippen LogP contribution in [0.2, 0.25) is 0 Å². The second-order valence-corrected chi connectivity index (χ2v) is 7.76. The number of thioether (sulfide) groups is 1. The number of aromatic nitrogens is 1. The van der Waals surface area contributed by atoms with Crippen LogP contribution >= 0.6 is 11.8 Å². The van der Waals surface area contributed by atoms with Crippen molar-refractivity contribution in [1.29, 1.82) is 0 Å². The number of aromatic amines is 1. The largest absolute Gasteiger partial charge is 0.446 e. The Morgan fingerprint density at radius 1 is 1.42 bits per heavy atom. The first-order chi connectivity index (χ1) is 12.5. The maximum atomic E-state index is 12.8. The summed E-state index contributed by atoms with van der Waals surface area (Å²) in [4.78, 5) is 5.02. The minimum Gasteiger partial charge on any atom is -0.358 e. The molecule has 0 spiro atoms. The van der Waals surface area contributed by atoms with Crippen molar-refractivity contribution in [2.24, 2.45) is 0 Å². The van der Waals surface area contributed by atoms with Gasteiger partial charge in [-0.3, -0.25) is 0 Å². The van der Waals surface area contributed by atoms with E-state index in [9.17, 15) is 13.2 Å². The van der Waals surface area contributed by atoms with Gasteiger partial charge in [0, 0.05) is 31.6 Å². The number of benzene rings is 1. The number of nitrogens with zero attached hydrogens (tertiary/aromatic N) is 1. The van der Waals surface area contributed by atoms with Gasteiger partial charge in [0.25, 0.3) is 0 Å². The first-order valence-corrected chi connectivity index (χ1v) is 8.94. The van der Waals surface area contributed by atoms with Gasteiger partial charge in [0.05, 0.1) is 0 Å². The van der Waals surface area contributed by atoms with E-state index < -0.39 is 12.5 Å². The van der Waals surface area contributed by atoms with Crippen LogP contribution in [0.15, 0.2) is 23.1 Å². The SMILES string of the molecule is [2H]C([2H])([2H])N1CCC[C@@H]1Cc1c(C(C)C)[nH]c2ccc(SC(F)(F)F)cc12. The van der Waals surface area contributed by atoms with Gasteiger partial charge in [0.2, 0.25) is 0 Å². The standard InChI is InChI=1S/C18H23F3N2S/c1-11(2)17-15(9-12-5-4-8-23(12)3)14-10-13(24-18(19,20)21)6-7-16(14)22-17/h6-7,10-12,22H,4-5,8-9H2,1-3H3/t12-/m1/s1/i3D3. The lowest BCUT2D eigenvalue weighted by atomic mass is 9.96. The normalized spacial score (nSPS) is 22.1. The molecule has 1 N–H and O–H groups in total. The van der Waals surface area contributed by atoms with Crippen molar-refractivity contribution < 1.29 is 17.3 Å². The molecule has 24 heavy (non-hydrogen) atoms. The Morgan fingerprint density at radius 3 is 2.88 bits per heavy atom. The monoisotopic (exact) mass is 359 g/mol. The van der Waals surface area contributed by atoms with Crippen LogP contribution < -0.4 is 0 Å². The van der Waals surface area contributed by atoms with Crippen LogP contribution in [0.25, 0.3) is 10.9 Å². The van der Waals surface area contributed by atoms with E-state index in [1.54, 1.807) is 17.0 Å². The number of fused-ring (bicyclic) bond motifs is 1. The molecule has 1 aliphatic heterocycles. The first-order valence-electron chi connectivity index (χ1n) is 9.62. The number of likely N-dealkylation sites (N-methyl/N-ethyl adjacent to an activating group) is 1. The van der Waals surface area contributed by atoms with E-state index in [4.69, 9.17) is 4.11 Å². The van der Waals surface area contributed by atoms with Gasteiger partial charge in [0.1, 0.15) is 0 Å². The third-order valence-corrected chi connectivity index (χ3v) is 5.26. The van der Waals surface area contributed by atoms with Crippen LogP contribution in [0.3, 0.4) is 0 Å². The summed E-state index contributed by atoms with van der Waals surface area (Å²) in [5.41, 5.74) is -1.64. The smallest absolute Gasteiger partial charge is 0.358 e. The molecule has 1 aliphatic rings. The van der Waals surface area contributed by atoms with E-state index in [1.807, 2.05) is 13.8 Å². The van der Waals surface area contributed by atoms with Crippen LogP contribution in [0.4, 0.5) is 13.2 Å². The van der Waals surface area contributed by atoms with Gasteiger partial charge in [-0.2, -0.15) is 13.2 Å². The maximum absolute atomic E-state index is 12.8. The van der Waals surface area contributed by atoms with Crippen molar-refractivity contribution in [1.82, 2.24) is 9.88 Å². The molecule has 3 rings (SSSR count). The summed E-state index contributed by atoms with van der Waals surface area (Å²) in [5, 5.41) is 0.755. The molecule has 6 heteroatoms. The second-order valence-electron chi connectivity index (χ2n) is 6.62. The molecule has 1 saturated heterocycles. The molecular formula is C18H23F3N2S. The summed E-state index contributed by atoms with van der Waals surface area (Å²) in [6.07, 6.45) is 2.11. The highest BCUT2D eigenvalue weighted by atomic mass is 32.2. The number of alkyl halides is 3. The van der Waals surface area contributed by atoms with Gasteiger partial charge in [-0.25, -0.2) is 0 Å². The number of rotatable bonds is 4. The second kappa shape index (κ2) is 6.64. The highest BCUT2D eigenvalue weighted by Gasteiger charge is 2.30. The Morgan fingerprint density at radius 2 is 2.21 bits per heavy atom. The molecule has 132 valence electrons. The lowest BCUT2D eigenvalue weighted by Crippen LogP contribution is -2.27. The number of likely N-dealkylation sites (tertiary alicyclic amines) is 1. The molecule has 0 unspecified atom stereocenters. The van der Waals surface area contributed by atoms with Crippen LogP contribution in [0.5, 0.6) is 0 Å². The molecular weight excluding hydrogens is 333 g/mol. The molecule has 1 fully saturated rings. The molecule has 0 bridgehead atoms. The fourth-order valence-electron chi connectivity index (χ4n) is 3.44. The fraction of sp³-hybridized carbons (Fsp3) is 0.556. The van der Waals surface area contributed by atoms with Gasteiger partial charge in [-0.15, -0.1) is 0 Å². The highest BCUT2D eigenvalue weighted by Crippen LogP contribution is 2.39. The van der Waals surface area contributed by atoms with E-state index >= 15 is 0 Å². The lowest BCUT2D eigenvalue weighted by molar-refractivity contribution is -0.0328. The van der Waals surface area contributed by atoms with Crippen LogP contribution in [-0.4, -0.2) is 35.0 Å². The zero-order chi connectivity index (χ0) is 20.0. The molecule has 2 nitrogen and oxygen atoms in total. The number of halogens is 3. The van der Waals surface area contributed by atoms with Gasteiger partial charge in [-0.1, -0.05) is 13.8 Å². The van der Waals surface area contributed by atoms with Gasteiger partial charge < -0.3 is 9.88 Å². The molecule has 1 aromatic heterocycles. The zero-order valence-electron chi connectivity index (χ0n) is 16.7. The number of hydrogen-bond donors (Lipinski definition) is 1.